The number of fused-ring (bicyclic) bond motifs is 1. The van der Waals surface area contributed by atoms with Crippen molar-refractivity contribution in [2.45, 2.75) is 30.3 Å². The van der Waals surface area contributed by atoms with Gasteiger partial charge in [0.2, 0.25) is 5.91 Å². The number of hydrogen-bond acceptors (Lipinski definition) is 3. The summed E-state index contributed by atoms with van der Waals surface area (Å²) < 4.78 is 13.3. The van der Waals surface area contributed by atoms with Gasteiger partial charge in [-0.3, -0.25) is 9.59 Å². The minimum Gasteiger partial charge on any atom is -0.349 e. The quantitative estimate of drug-likeness (QED) is 0.858. The Labute approximate surface area is 159 Å². The van der Waals surface area contributed by atoms with E-state index in [0.29, 0.717) is 22.6 Å². The van der Waals surface area contributed by atoms with Crippen LogP contribution in [0.4, 0.5) is 10.1 Å². The molecule has 1 heterocycles. The molecular formula is C19H16ClFN2O2S. The average Bonchev–Trinajstić information content (AvgIpc) is 3.43. The van der Waals surface area contributed by atoms with E-state index in [9.17, 15) is 14.0 Å². The van der Waals surface area contributed by atoms with Crippen LogP contribution < -0.4 is 10.2 Å². The first-order valence-corrected chi connectivity index (χ1v) is 9.69. The zero-order valence-corrected chi connectivity index (χ0v) is 15.4. The Hall–Kier alpha value is -2.05. The number of rotatable bonds is 4. The molecule has 1 aliphatic carbocycles. The van der Waals surface area contributed by atoms with Crippen molar-refractivity contribution < 1.29 is 14.0 Å². The van der Waals surface area contributed by atoms with Crippen LogP contribution in [0.3, 0.4) is 0 Å². The molecule has 2 aromatic rings. The zero-order valence-electron chi connectivity index (χ0n) is 13.8. The van der Waals surface area contributed by atoms with Crippen LogP contribution in [0.15, 0.2) is 41.3 Å². The average molecular weight is 391 g/mol. The molecule has 0 radical (unpaired) electrons. The highest BCUT2D eigenvalue weighted by molar-refractivity contribution is 8.00. The van der Waals surface area contributed by atoms with Gasteiger partial charge in [-0.05, 0) is 48.7 Å². The first-order chi connectivity index (χ1) is 12.5. The van der Waals surface area contributed by atoms with Crippen LogP contribution in [0.25, 0.3) is 0 Å². The molecule has 2 aromatic carbocycles. The normalized spacial score (nSPS) is 16.4. The van der Waals surface area contributed by atoms with E-state index in [2.05, 4.69) is 5.32 Å². The van der Waals surface area contributed by atoms with Crippen molar-refractivity contribution in [2.24, 2.45) is 0 Å². The SMILES string of the molecule is O=C(NC1CC1)c1ccc2c(c1)N(Cc1ccc(F)cc1Cl)C(=O)CS2. The number of carbonyl (C=O) groups excluding carboxylic acids is 2. The van der Waals surface area contributed by atoms with E-state index in [-0.39, 0.29) is 29.4 Å². The van der Waals surface area contributed by atoms with Crippen molar-refractivity contribution in [2.75, 3.05) is 10.7 Å². The van der Waals surface area contributed by atoms with Crippen LogP contribution in [0.2, 0.25) is 5.02 Å². The van der Waals surface area contributed by atoms with Crippen molar-refractivity contribution in [1.29, 1.82) is 0 Å². The van der Waals surface area contributed by atoms with Gasteiger partial charge in [0.1, 0.15) is 5.82 Å². The number of halogens is 2. The fraction of sp³-hybridized carbons (Fsp3) is 0.263. The van der Waals surface area contributed by atoms with Crippen LogP contribution in [0.5, 0.6) is 0 Å². The van der Waals surface area contributed by atoms with Gasteiger partial charge in [-0.2, -0.15) is 0 Å². The maximum Gasteiger partial charge on any atom is 0.251 e. The lowest BCUT2D eigenvalue weighted by molar-refractivity contribution is -0.116. The van der Waals surface area contributed by atoms with Gasteiger partial charge in [-0.1, -0.05) is 17.7 Å². The van der Waals surface area contributed by atoms with Gasteiger partial charge < -0.3 is 10.2 Å². The van der Waals surface area contributed by atoms with Gasteiger partial charge >= 0.3 is 0 Å². The standard InChI is InChI=1S/C19H16ClFN2O2S/c20-15-8-13(21)3-1-12(15)9-23-16-7-11(19(25)22-14-4-5-14)2-6-17(16)26-10-18(23)24/h1-3,6-8,14H,4-5,9-10H2,(H,22,25). The summed E-state index contributed by atoms with van der Waals surface area (Å²) in [7, 11) is 0. The van der Waals surface area contributed by atoms with Crippen molar-refractivity contribution >= 4 is 40.9 Å². The molecule has 0 unspecified atom stereocenters. The number of anilines is 1. The molecule has 4 nitrogen and oxygen atoms in total. The third-order valence-electron chi connectivity index (χ3n) is 4.42. The summed E-state index contributed by atoms with van der Waals surface area (Å²) in [6, 6.07) is 9.80. The predicted molar refractivity (Wildman–Crippen MR) is 100 cm³/mol. The molecule has 2 aliphatic rings. The Morgan fingerprint density at radius 2 is 2.08 bits per heavy atom. The third kappa shape index (κ3) is 3.57. The highest BCUT2D eigenvalue weighted by atomic mass is 35.5. The largest absolute Gasteiger partial charge is 0.349 e. The third-order valence-corrected chi connectivity index (χ3v) is 5.82. The Bertz CT molecular complexity index is 901. The van der Waals surface area contributed by atoms with Crippen LogP contribution >= 0.6 is 23.4 Å². The molecule has 0 spiro atoms. The molecule has 0 bridgehead atoms. The number of amides is 2. The molecule has 7 heteroatoms. The molecule has 1 fully saturated rings. The Morgan fingerprint density at radius 1 is 1.27 bits per heavy atom. The molecular weight excluding hydrogens is 375 g/mol. The molecule has 1 saturated carbocycles. The van der Waals surface area contributed by atoms with Gasteiger partial charge in [0.05, 0.1) is 18.0 Å². The van der Waals surface area contributed by atoms with Crippen molar-refractivity contribution in [3.8, 4) is 0 Å². The molecule has 0 saturated heterocycles. The summed E-state index contributed by atoms with van der Waals surface area (Å²) in [5.74, 6) is -0.293. The van der Waals surface area contributed by atoms with Crippen molar-refractivity contribution in [3.05, 3.63) is 58.4 Å². The van der Waals surface area contributed by atoms with Crippen molar-refractivity contribution in [3.63, 3.8) is 0 Å². The monoisotopic (exact) mass is 390 g/mol. The minimum absolute atomic E-state index is 0.0670. The summed E-state index contributed by atoms with van der Waals surface area (Å²) in [6.45, 7) is 0.235. The zero-order chi connectivity index (χ0) is 18.3. The van der Waals surface area contributed by atoms with Crippen LogP contribution in [0, 0.1) is 5.82 Å². The maximum absolute atomic E-state index is 13.3. The fourth-order valence-electron chi connectivity index (χ4n) is 2.83. The van der Waals surface area contributed by atoms with Gasteiger partial charge in [0.15, 0.2) is 0 Å². The topological polar surface area (TPSA) is 49.4 Å². The summed E-state index contributed by atoms with van der Waals surface area (Å²) >= 11 is 7.57. The molecule has 2 amide bonds. The van der Waals surface area contributed by atoms with Crippen LogP contribution in [-0.4, -0.2) is 23.6 Å². The number of hydrogen-bond donors (Lipinski definition) is 1. The second kappa shape index (κ2) is 6.93. The highest BCUT2D eigenvalue weighted by Crippen LogP contribution is 2.37. The molecule has 1 aliphatic heterocycles. The number of nitrogens with one attached hydrogen (secondary N) is 1. The Balaban J connectivity index is 1.65. The lowest BCUT2D eigenvalue weighted by Gasteiger charge is -2.29. The second-order valence-corrected chi connectivity index (χ2v) is 7.86. The number of carbonyl (C=O) groups is 2. The fourth-order valence-corrected chi connectivity index (χ4v) is 3.98. The lowest BCUT2D eigenvalue weighted by Crippen LogP contribution is -2.35. The first kappa shape index (κ1) is 17.4. The number of benzene rings is 2. The van der Waals surface area contributed by atoms with E-state index in [1.807, 2.05) is 6.07 Å². The van der Waals surface area contributed by atoms with E-state index in [1.165, 1.54) is 23.9 Å². The van der Waals surface area contributed by atoms with Crippen LogP contribution in [-0.2, 0) is 11.3 Å². The van der Waals surface area contributed by atoms with Gasteiger partial charge in [-0.15, -0.1) is 11.8 Å². The molecule has 1 N–H and O–H groups in total. The molecule has 4 rings (SSSR count). The number of thioether (sulfide) groups is 1. The van der Waals surface area contributed by atoms with Gasteiger partial charge in [0.25, 0.3) is 5.91 Å². The Morgan fingerprint density at radius 3 is 2.81 bits per heavy atom. The molecule has 26 heavy (non-hydrogen) atoms. The second-order valence-electron chi connectivity index (χ2n) is 6.43. The maximum atomic E-state index is 13.3. The summed E-state index contributed by atoms with van der Waals surface area (Å²) in [4.78, 5) is 27.4. The molecule has 0 aromatic heterocycles. The summed E-state index contributed by atoms with van der Waals surface area (Å²) in [6.07, 6.45) is 2.03. The summed E-state index contributed by atoms with van der Waals surface area (Å²) in [5, 5.41) is 3.23. The lowest BCUT2D eigenvalue weighted by atomic mass is 10.1. The predicted octanol–water partition coefficient (Wildman–Crippen LogP) is 4.01. The highest BCUT2D eigenvalue weighted by Gasteiger charge is 2.28. The van der Waals surface area contributed by atoms with E-state index < -0.39 is 5.82 Å². The minimum atomic E-state index is -0.418. The molecule has 0 atom stereocenters. The van der Waals surface area contributed by atoms with E-state index in [0.717, 1.165) is 17.7 Å². The van der Waals surface area contributed by atoms with Crippen LogP contribution in [0.1, 0.15) is 28.8 Å². The Kier molecular flexibility index (Phi) is 4.63. The molecule has 134 valence electrons. The van der Waals surface area contributed by atoms with Gasteiger partial charge in [0, 0.05) is 21.5 Å². The smallest absolute Gasteiger partial charge is 0.251 e. The van der Waals surface area contributed by atoms with Gasteiger partial charge in [-0.25, -0.2) is 4.39 Å². The first-order valence-electron chi connectivity index (χ1n) is 8.33. The van der Waals surface area contributed by atoms with Crippen molar-refractivity contribution in [1.82, 2.24) is 5.32 Å². The van der Waals surface area contributed by atoms with E-state index in [4.69, 9.17) is 11.6 Å². The summed E-state index contributed by atoms with van der Waals surface area (Å²) in [5.41, 5.74) is 1.88. The van der Waals surface area contributed by atoms with E-state index >= 15 is 0 Å². The van der Waals surface area contributed by atoms with E-state index in [1.54, 1.807) is 23.1 Å². The number of nitrogens with zero attached hydrogens (tertiary/aromatic N) is 1.